The first-order valence-corrected chi connectivity index (χ1v) is 7.20. The minimum absolute atomic E-state index is 0.601. The van der Waals surface area contributed by atoms with Gasteiger partial charge in [-0.25, -0.2) is 0 Å². The van der Waals surface area contributed by atoms with E-state index in [0.717, 1.165) is 23.6 Å². The van der Waals surface area contributed by atoms with Gasteiger partial charge in [-0.05, 0) is 30.0 Å². The maximum absolute atomic E-state index is 5.82. The largest absolute Gasteiger partial charge is 0.497 e. The molecule has 0 spiro atoms. The summed E-state index contributed by atoms with van der Waals surface area (Å²) in [5.74, 6) is 1.46. The summed E-state index contributed by atoms with van der Waals surface area (Å²) in [4.78, 5) is 0. The summed E-state index contributed by atoms with van der Waals surface area (Å²) in [5.41, 5.74) is 7.61. The van der Waals surface area contributed by atoms with Crippen molar-refractivity contribution in [2.75, 3.05) is 19.5 Å². The van der Waals surface area contributed by atoms with Crippen molar-refractivity contribution in [3.05, 3.63) is 23.8 Å². The van der Waals surface area contributed by atoms with Crippen molar-refractivity contribution in [1.82, 2.24) is 0 Å². The molecule has 0 fully saturated rings. The lowest BCUT2D eigenvalue weighted by Gasteiger charge is -2.15. The van der Waals surface area contributed by atoms with Gasteiger partial charge >= 0.3 is 0 Å². The second-order valence-corrected chi connectivity index (χ2v) is 5.05. The Hall–Kier alpha value is -1.22. The van der Waals surface area contributed by atoms with Gasteiger partial charge in [-0.1, -0.05) is 33.1 Å². The summed E-state index contributed by atoms with van der Waals surface area (Å²) in [6.45, 7) is 5.89. The van der Waals surface area contributed by atoms with Gasteiger partial charge in [-0.15, -0.1) is 0 Å². The molecule has 108 valence electrons. The molecule has 1 aromatic carbocycles. The van der Waals surface area contributed by atoms with Crippen LogP contribution in [0.1, 0.15) is 45.1 Å². The van der Waals surface area contributed by atoms with Crippen LogP contribution in [0.5, 0.6) is 5.75 Å². The van der Waals surface area contributed by atoms with Gasteiger partial charge in [0.1, 0.15) is 5.75 Å². The lowest BCUT2D eigenvalue weighted by atomic mass is 10.0. The van der Waals surface area contributed by atoms with Crippen LogP contribution in [0.2, 0.25) is 0 Å². The van der Waals surface area contributed by atoms with E-state index in [-0.39, 0.29) is 0 Å². The Morgan fingerprint density at radius 1 is 1.21 bits per heavy atom. The van der Waals surface area contributed by atoms with E-state index in [9.17, 15) is 0 Å². The fourth-order valence-electron chi connectivity index (χ4n) is 2.13. The van der Waals surface area contributed by atoms with Crippen LogP contribution in [0.25, 0.3) is 0 Å². The molecule has 0 bridgehead atoms. The van der Waals surface area contributed by atoms with Crippen LogP contribution < -0.4 is 10.5 Å². The molecule has 0 aliphatic rings. The van der Waals surface area contributed by atoms with Crippen LogP contribution in [0.4, 0.5) is 5.69 Å². The van der Waals surface area contributed by atoms with E-state index < -0.39 is 0 Å². The Balaban J connectivity index is 2.41. The van der Waals surface area contributed by atoms with Gasteiger partial charge in [0.15, 0.2) is 0 Å². The summed E-state index contributed by atoms with van der Waals surface area (Å²) < 4.78 is 11.0. The van der Waals surface area contributed by atoms with E-state index in [1.54, 1.807) is 7.11 Å². The highest BCUT2D eigenvalue weighted by atomic mass is 16.5. The second-order valence-electron chi connectivity index (χ2n) is 5.05. The molecule has 0 saturated heterocycles. The monoisotopic (exact) mass is 265 g/mol. The SMILES string of the molecule is CCCCC(CC)COCc1cc(N)cc(OC)c1. The first-order chi connectivity index (χ1) is 9.19. The first-order valence-electron chi connectivity index (χ1n) is 7.20. The highest BCUT2D eigenvalue weighted by Gasteiger charge is 2.06. The molecule has 1 unspecified atom stereocenters. The third kappa shape index (κ3) is 5.97. The predicted molar refractivity (Wildman–Crippen MR) is 80.4 cm³/mol. The molecule has 0 aliphatic heterocycles. The number of ether oxygens (including phenoxy) is 2. The summed E-state index contributed by atoms with van der Waals surface area (Å²) in [6.07, 6.45) is 4.98. The second kappa shape index (κ2) is 8.81. The summed E-state index contributed by atoms with van der Waals surface area (Å²) >= 11 is 0. The molecule has 0 heterocycles. The predicted octanol–water partition coefficient (Wildman–Crippen LogP) is 4.01. The van der Waals surface area contributed by atoms with Gasteiger partial charge in [0, 0.05) is 18.4 Å². The standard InChI is InChI=1S/C16H27NO2/c1-4-6-7-13(5-2)11-19-12-14-8-15(17)10-16(9-14)18-3/h8-10,13H,4-7,11-12,17H2,1-3H3. The molecule has 0 radical (unpaired) electrons. The fourth-order valence-corrected chi connectivity index (χ4v) is 2.13. The molecule has 2 N–H and O–H groups in total. The molecule has 1 aromatic rings. The van der Waals surface area contributed by atoms with E-state index in [1.807, 2.05) is 18.2 Å². The van der Waals surface area contributed by atoms with Crippen molar-refractivity contribution in [2.24, 2.45) is 5.92 Å². The van der Waals surface area contributed by atoms with Crippen molar-refractivity contribution in [1.29, 1.82) is 0 Å². The van der Waals surface area contributed by atoms with Crippen LogP contribution in [0.3, 0.4) is 0 Å². The molecule has 3 nitrogen and oxygen atoms in total. The fraction of sp³-hybridized carbons (Fsp3) is 0.625. The van der Waals surface area contributed by atoms with Gasteiger partial charge in [-0.3, -0.25) is 0 Å². The Morgan fingerprint density at radius 2 is 2.00 bits per heavy atom. The van der Waals surface area contributed by atoms with Crippen molar-refractivity contribution in [3.63, 3.8) is 0 Å². The quantitative estimate of drug-likeness (QED) is 0.686. The van der Waals surface area contributed by atoms with Crippen LogP contribution in [0.15, 0.2) is 18.2 Å². The summed E-state index contributed by atoms with van der Waals surface area (Å²) in [6, 6.07) is 5.73. The van der Waals surface area contributed by atoms with Crippen LogP contribution >= 0.6 is 0 Å². The third-order valence-corrected chi connectivity index (χ3v) is 3.39. The zero-order valence-electron chi connectivity index (χ0n) is 12.4. The topological polar surface area (TPSA) is 44.5 Å². The van der Waals surface area contributed by atoms with Gasteiger partial charge in [0.25, 0.3) is 0 Å². The molecule has 3 heteroatoms. The Labute approximate surface area is 117 Å². The minimum Gasteiger partial charge on any atom is -0.497 e. The summed E-state index contributed by atoms with van der Waals surface area (Å²) in [7, 11) is 1.65. The highest BCUT2D eigenvalue weighted by molar-refractivity contribution is 5.47. The van der Waals surface area contributed by atoms with Gasteiger partial charge < -0.3 is 15.2 Å². The number of rotatable bonds is 9. The molecule has 0 aromatic heterocycles. The van der Waals surface area contributed by atoms with Gasteiger partial charge in [0.2, 0.25) is 0 Å². The maximum Gasteiger partial charge on any atom is 0.121 e. The van der Waals surface area contributed by atoms with Crippen molar-refractivity contribution in [3.8, 4) is 5.75 Å². The molecule has 0 saturated carbocycles. The number of methoxy groups -OCH3 is 1. The van der Waals surface area contributed by atoms with Crippen molar-refractivity contribution in [2.45, 2.75) is 46.1 Å². The summed E-state index contributed by atoms with van der Waals surface area (Å²) in [5, 5.41) is 0. The lowest BCUT2D eigenvalue weighted by molar-refractivity contribution is 0.0819. The van der Waals surface area contributed by atoms with Crippen LogP contribution in [-0.2, 0) is 11.3 Å². The Bertz CT molecular complexity index is 366. The van der Waals surface area contributed by atoms with Gasteiger partial charge in [-0.2, -0.15) is 0 Å². The zero-order valence-corrected chi connectivity index (χ0v) is 12.4. The third-order valence-electron chi connectivity index (χ3n) is 3.39. The molecular formula is C16H27NO2. The van der Waals surface area contributed by atoms with Gasteiger partial charge in [0.05, 0.1) is 13.7 Å². The van der Waals surface area contributed by atoms with E-state index in [4.69, 9.17) is 15.2 Å². The van der Waals surface area contributed by atoms with Crippen LogP contribution in [0, 0.1) is 5.92 Å². The first kappa shape index (κ1) is 15.8. The zero-order chi connectivity index (χ0) is 14.1. The van der Waals surface area contributed by atoms with E-state index in [2.05, 4.69) is 13.8 Å². The number of nitrogens with two attached hydrogens (primary N) is 1. The highest BCUT2D eigenvalue weighted by Crippen LogP contribution is 2.20. The van der Waals surface area contributed by atoms with E-state index in [0.29, 0.717) is 12.5 Å². The number of hydrogen-bond donors (Lipinski definition) is 1. The minimum atomic E-state index is 0.601. The van der Waals surface area contributed by atoms with Crippen molar-refractivity contribution >= 4 is 5.69 Å². The van der Waals surface area contributed by atoms with E-state index >= 15 is 0 Å². The molecule has 1 atom stereocenters. The number of anilines is 1. The molecular weight excluding hydrogens is 238 g/mol. The molecule has 19 heavy (non-hydrogen) atoms. The number of benzene rings is 1. The maximum atomic E-state index is 5.82. The number of nitrogen functional groups attached to an aromatic ring is 1. The molecule has 0 amide bonds. The average Bonchev–Trinajstić information content (AvgIpc) is 2.42. The average molecular weight is 265 g/mol. The number of unbranched alkanes of at least 4 members (excludes halogenated alkanes) is 1. The Kier molecular flexibility index (Phi) is 7.34. The molecule has 1 rings (SSSR count). The Morgan fingerprint density at radius 3 is 2.63 bits per heavy atom. The smallest absolute Gasteiger partial charge is 0.121 e. The van der Waals surface area contributed by atoms with E-state index in [1.165, 1.54) is 25.7 Å². The lowest BCUT2D eigenvalue weighted by Crippen LogP contribution is -2.09. The molecule has 0 aliphatic carbocycles. The normalized spacial score (nSPS) is 12.4. The van der Waals surface area contributed by atoms with Crippen molar-refractivity contribution < 1.29 is 9.47 Å². The van der Waals surface area contributed by atoms with Crippen LogP contribution in [-0.4, -0.2) is 13.7 Å². The number of hydrogen-bond acceptors (Lipinski definition) is 3.